The van der Waals surface area contributed by atoms with Crippen LogP contribution in [0.3, 0.4) is 0 Å². The lowest BCUT2D eigenvalue weighted by molar-refractivity contribution is 0.174. The van der Waals surface area contributed by atoms with Gasteiger partial charge < -0.3 is 15.6 Å². The molecule has 0 aromatic carbocycles. The molecular weight excluding hydrogens is 208 g/mol. The standard InChI is InChI=1S/C10H16N4O2/c1-16-10-8(9(11)12-6-13-10)5-14-3-2-7(15)4-14/h6-7,15H,2-5H2,1H3,(H2,11,12,13)/t7-/m0/s1. The largest absolute Gasteiger partial charge is 0.481 e. The summed E-state index contributed by atoms with van der Waals surface area (Å²) in [4.78, 5) is 10.1. The van der Waals surface area contributed by atoms with Crippen LogP contribution in [-0.4, -0.2) is 46.3 Å². The summed E-state index contributed by atoms with van der Waals surface area (Å²) in [7, 11) is 1.56. The summed E-state index contributed by atoms with van der Waals surface area (Å²) in [6.07, 6.45) is 1.95. The zero-order valence-corrected chi connectivity index (χ0v) is 9.26. The molecule has 1 aromatic heterocycles. The van der Waals surface area contributed by atoms with E-state index in [-0.39, 0.29) is 6.10 Å². The van der Waals surface area contributed by atoms with Crippen LogP contribution in [-0.2, 0) is 6.54 Å². The molecule has 1 aliphatic rings. The third-order valence-electron chi connectivity index (χ3n) is 2.76. The molecule has 0 amide bonds. The van der Waals surface area contributed by atoms with Gasteiger partial charge in [0, 0.05) is 19.6 Å². The molecule has 1 saturated heterocycles. The summed E-state index contributed by atoms with van der Waals surface area (Å²) in [6, 6.07) is 0. The Balaban J connectivity index is 2.14. The SMILES string of the molecule is COc1ncnc(N)c1CN1CC[C@H](O)C1. The maximum absolute atomic E-state index is 9.44. The lowest BCUT2D eigenvalue weighted by Crippen LogP contribution is -2.23. The predicted octanol–water partition coefficient (Wildman–Crippen LogP) is -0.366. The zero-order valence-electron chi connectivity index (χ0n) is 9.26. The van der Waals surface area contributed by atoms with Crippen molar-refractivity contribution in [2.24, 2.45) is 0 Å². The maximum atomic E-state index is 9.44. The van der Waals surface area contributed by atoms with E-state index < -0.39 is 0 Å². The summed E-state index contributed by atoms with van der Waals surface area (Å²) in [6.45, 7) is 2.14. The van der Waals surface area contributed by atoms with Crippen LogP contribution in [0.4, 0.5) is 5.82 Å². The van der Waals surface area contributed by atoms with Crippen LogP contribution >= 0.6 is 0 Å². The van der Waals surface area contributed by atoms with E-state index in [2.05, 4.69) is 14.9 Å². The van der Waals surface area contributed by atoms with E-state index in [1.807, 2.05) is 0 Å². The number of aliphatic hydroxyl groups excluding tert-OH is 1. The van der Waals surface area contributed by atoms with Gasteiger partial charge in [0.05, 0.1) is 18.8 Å². The number of ether oxygens (including phenoxy) is 1. The summed E-state index contributed by atoms with van der Waals surface area (Å²) >= 11 is 0. The van der Waals surface area contributed by atoms with E-state index in [1.165, 1.54) is 6.33 Å². The third-order valence-corrected chi connectivity index (χ3v) is 2.76. The van der Waals surface area contributed by atoms with Crippen molar-refractivity contribution in [2.45, 2.75) is 19.1 Å². The normalized spacial score (nSPS) is 21.2. The van der Waals surface area contributed by atoms with Gasteiger partial charge in [0.2, 0.25) is 5.88 Å². The monoisotopic (exact) mass is 224 g/mol. The fourth-order valence-electron chi connectivity index (χ4n) is 1.91. The lowest BCUT2D eigenvalue weighted by Gasteiger charge is -2.17. The predicted molar refractivity (Wildman–Crippen MR) is 58.9 cm³/mol. The lowest BCUT2D eigenvalue weighted by atomic mass is 10.2. The minimum Gasteiger partial charge on any atom is -0.481 e. The van der Waals surface area contributed by atoms with Crippen molar-refractivity contribution < 1.29 is 9.84 Å². The quantitative estimate of drug-likeness (QED) is 0.729. The van der Waals surface area contributed by atoms with Gasteiger partial charge in [0.1, 0.15) is 12.1 Å². The molecule has 1 atom stereocenters. The van der Waals surface area contributed by atoms with Gasteiger partial charge in [-0.15, -0.1) is 0 Å². The Morgan fingerprint density at radius 2 is 2.44 bits per heavy atom. The number of nitrogens with two attached hydrogens (primary N) is 1. The highest BCUT2D eigenvalue weighted by Crippen LogP contribution is 2.23. The molecule has 0 radical (unpaired) electrons. The van der Waals surface area contributed by atoms with E-state index in [4.69, 9.17) is 10.5 Å². The van der Waals surface area contributed by atoms with Crippen LogP contribution in [0.2, 0.25) is 0 Å². The maximum Gasteiger partial charge on any atom is 0.222 e. The van der Waals surface area contributed by atoms with Crippen LogP contribution < -0.4 is 10.5 Å². The fourth-order valence-corrected chi connectivity index (χ4v) is 1.91. The van der Waals surface area contributed by atoms with Gasteiger partial charge in [0.15, 0.2) is 0 Å². The summed E-state index contributed by atoms with van der Waals surface area (Å²) < 4.78 is 5.14. The van der Waals surface area contributed by atoms with Gasteiger partial charge >= 0.3 is 0 Å². The molecule has 16 heavy (non-hydrogen) atoms. The van der Waals surface area contributed by atoms with Crippen molar-refractivity contribution in [3.63, 3.8) is 0 Å². The van der Waals surface area contributed by atoms with E-state index in [0.29, 0.717) is 24.8 Å². The van der Waals surface area contributed by atoms with E-state index in [1.54, 1.807) is 7.11 Å². The first-order chi connectivity index (χ1) is 7.70. The molecule has 0 spiro atoms. The van der Waals surface area contributed by atoms with E-state index >= 15 is 0 Å². The zero-order chi connectivity index (χ0) is 11.5. The van der Waals surface area contributed by atoms with E-state index in [0.717, 1.165) is 18.5 Å². The van der Waals surface area contributed by atoms with Gasteiger partial charge in [-0.25, -0.2) is 9.97 Å². The van der Waals surface area contributed by atoms with Crippen molar-refractivity contribution >= 4 is 5.82 Å². The van der Waals surface area contributed by atoms with Crippen LogP contribution in [0.1, 0.15) is 12.0 Å². The Morgan fingerprint density at radius 1 is 1.62 bits per heavy atom. The molecule has 1 aromatic rings. The third kappa shape index (κ3) is 2.23. The van der Waals surface area contributed by atoms with Crippen LogP contribution in [0.15, 0.2) is 6.33 Å². The van der Waals surface area contributed by atoms with Crippen LogP contribution in [0.5, 0.6) is 5.88 Å². The minimum absolute atomic E-state index is 0.239. The molecule has 1 aliphatic heterocycles. The highest BCUT2D eigenvalue weighted by Gasteiger charge is 2.22. The first kappa shape index (κ1) is 11.1. The van der Waals surface area contributed by atoms with E-state index in [9.17, 15) is 5.11 Å². The number of β-amino-alcohol motifs (C(OH)–C–C–N with tert-alkyl or cyclic N) is 1. The molecular formula is C10H16N4O2. The summed E-state index contributed by atoms with van der Waals surface area (Å²) in [5, 5.41) is 9.44. The number of aromatic nitrogens is 2. The number of nitrogen functional groups attached to an aromatic ring is 1. The molecule has 0 unspecified atom stereocenters. The first-order valence-corrected chi connectivity index (χ1v) is 5.24. The Hall–Kier alpha value is -1.40. The van der Waals surface area contributed by atoms with Crippen molar-refractivity contribution in [1.82, 2.24) is 14.9 Å². The molecule has 0 bridgehead atoms. The number of likely N-dealkylation sites (tertiary alicyclic amines) is 1. The van der Waals surface area contributed by atoms with Crippen molar-refractivity contribution in [3.8, 4) is 5.88 Å². The molecule has 6 nitrogen and oxygen atoms in total. The molecule has 2 rings (SSSR count). The second kappa shape index (κ2) is 4.63. The van der Waals surface area contributed by atoms with Crippen LogP contribution in [0.25, 0.3) is 0 Å². The van der Waals surface area contributed by atoms with Crippen molar-refractivity contribution in [2.75, 3.05) is 25.9 Å². The Bertz CT molecular complexity index is 372. The van der Waals surface area contributed by atoms with Gasteiger partial charge in [-0.2, -0.15) is 0 Å². The van der Waals surface area contributed by atoms with Crippen molar-refractivity contribution in [3.05, 3.63) is 11.9 Å². The Kier molecular flexibility index (Phi) is 3.21. The van der Waals surface area contributed by atoms with Gasteiger partial charge in [-0.05, 0) is 6.42 Å². The molecule has 0 saturated carbocycles. The van der Waals surface area contributed by atoms with Gasteiger partial charge in [-0.3, -0.25) is 4.90 Å². The number of anilines is 1. The molecule has 1 fully saturated rings. The van der Waals surface area contributed by atoms with Crippen molar-refractivity contribution in [1.29, 1.82) is 0 Å². The summed E-state index contributed by atoms with van der Waals surface area (Å²) in [5.74, 6) is 0.946. The van der Waals surface area contributed by atoms with Crippen LogP contribution in [0, 0.1) is 0 Å². The number of aliphatic hydroxyl groups is 1. The molecule has 88 valence electrons. The number of hydrogen-bond donors (Lipinski definition) is 2. The molecule has 3 N–H and O–H groups in total. The fraction of sp³-hybridized carbons (Fsp3) is 0.600. The molecule has 2 heterocycles. The number of methoxy groups -OCH3 is 1. The highest BCUT2D eigenvalue weighted by atomic mass is 16.5. The average Bonchev–Trinajstić information content (AvgIpc) is 2.67. The second-order valence-electron chi connectivity index (χ2n) is 3.92. The second-order valence-corrected chi connectivity index (χ2v) is 3.92. The molecule has 0 aliphatic carbocycles. The first-order valence-electron chi connectivity index (χ1n) is 5.24. The van der Waals surface area contributed by atoms with Gasteiger partial charge in [-0.1, -0.05) is 0 Å². The minimum atomic E-state index is -0.239. The number of hydrogen-bond acceptors (Lipinski definition) is 6. The smallest absolute Gasteiger partial charge is 0.222 e. The van der Waals surface area contributed by atoms with Gasteiger partial charge in [0.25, 0.3) is 0 Å². The number of nitrogens with zero attached hydrogens (tertiary/aromatic N) is 3. The average molecular weight is 224 g/mol. The Morgan fingerprint density at radius 3 is 3.06 bits per heavy atom. The summed E-state index contributed by atoms with van der Waals surface area (Å²) in [5.41, 5.74) is 6.58. The number of rotatable bonds is 3. The Labute approximate surface area is 94.1 Å². The molecule has 6 heteroatoms. The topological polar surface area (TPSA) is 84.5 Å². The highest BCUT2D eigenvalue weighted by molar-refractivity contribution is 5.44.